The number of rotatable bonds is 3. The van der Waals surface area contributed by atoms with Crippen molar-refractivity contribution in [2.24, 2.45) is 0 Å². The van der Waals surface area contributed by atoms with Gasteiger partial charge in [0, 0.05) is 34.8 Å². The highest BCUT2D eigenvalue weighted by Gasteiger charge is 2.10. The summed E-state index contributed by atoms with van der Waals surface area (Å²) in [7, 11) is 0. The summed E-state index contributed by atoms with van der Waals surface area (Å²) in [5.41, 5.74) is 1.91. The van der Waals surface area contributed by atoms with Gasteiger partial charge in [0.1, 0.15) is 0 Å². The molecule has 0 bridgehead atoms. The first kappa shape index (κ1) is 14.4. The number of ether oxygens (including phenoxy) is 2. The van der Waals surface area contributed by atoms with E-state index < -0.39 is 0 Å². The first-order valence-corrected chi connectivity index (χ1v) is 7.55. The third-order valence-corrected chi connectivity index (χ3v) is 3.84. The van der Waals surface area contributed by atoms with Crippen molar-refractivity contribution >= 4 is 28.9 Å². The lowest BCUT2D eigenvalue weighted by molar-refractivity contribution is 0.297. The van der Waals surface area contributed by atoms with E-state index in [4.69, 9.17) is 32.7 Å². The van der Waals surface area contributed by atoms with Crippen molar-refractivity contribution in [2.75, 3.05) is 18.5 Å². The Bertz CT molecular complexity index is 646. The molecular formula is C16H15Cl2NO2. The van der Waals surface area contributed by atoms with Gasteiger partial charge in [-0.05, 0) is 35.9 Å². The second kappa shape index (κ2) is 6.46. The van der Waals surface area contributed by atoms with Crippen molar-refractivity contribution in [3.8, 4) is 11.5 Å². The monoisotopic (exact) mass is 323 g/mol. The van der Waals surface area contributed by atoms with Crippen LogP contribution in [-0.2, 0) is 6.54 Å². The van der Waals surface area contributed by atoms with E-state index in [1.165, 1.54) is 0 Å². The Morgan fingerprint density at radius 2 is 1.76 bits per heavy atom. The highest BCUT2D eigenvalue weighted by atomic mass is 35.5. The number of nitrogens with one attached hydrogen (secondary N) is 1. The molecule has 0 unspecified atom stereocenters. The van der Waals surface area contributed by atoms with Crippen molar-refractivity contribution < 1.29 is 9.47 Å². The van der Waals surface area contributed by atoms with Gasteiger partial charge in [0.25, 0.3) is 0 Å². The van der Waals surface area contributed by atoms with E-state index in [1.54, 1.807) is 12.1 Å². The van der Waals surface area contributed by atoms with Gasteiger partial charge in [-0.3, -0.25) is 0 Å². The molecule has 1 aliphatic rings. The van der Waals surface area contributed by atoms with E-state index in [9.17, 15) is 0 Å². The molecule has 1 heterocycles. The SMILES string of the molecule is Clc1ccc(Cl)c(CNc2ccc3c(c2)OCCCO3)c1. The molecular weight excluding hydrogens is 309 g/mol. The lowest BCUT2D eigenvalue weighted by atomic mass is 10.2. The summed E-state index contributed by atoms with van der Waals surface area (Å²) in [6.45, 7) is 1.97. The van der Waals surface area contributed by atoms with Gasteiger partial charge >= 0.3 is 0 Å². The minimum atomic E-state index is 0.596. The summed E-state index contributed by atoms with van der Waals surface area (Å²) in [6, 6.07) is 11.3. The van der Waals surface area contributed by atoms with Crippen LogP contribution in [0.2, 0.25) is 10.0 Å². The Balaban J connectivity index is 1.73. The van der Waals surface area contributed by atoms with Crippen LogP contribution in [0.25, 0.3) is 0 Å². The maximum absolute atomic E-state index is 6.16. The lowest BCUT2D eigenvalue weighted by Crippen LogP contribution is -2.01. The zero-order chi connectivity index (χ0) is 14.7. The number of hydrogen-bond donors (Lipinski definition) is 1. The Labute approximate surface area is 133 Å². The molecule has 110 valence electrons. The lowest BCUT2D eigenvalue weighted by Gasteiger charge is -2.12. The van der Waals surface area contributed by atoms with E-state index in [-0.39, 0.29) is 0 Å². The second-order valence-corrected chi connectivity index (χ2v) is 5.64. The van der Waals surface area contributed by atoms with Crippen molar-refractivity contribution in [2.45, 2.75) is 13.0 Å². The topological polar surface area (TPSA) is 30.5 Å². The molecule has 0 fully saturated rings. The Morgan fingerprint density at radius 1 is 0.952 bits per heavy atom. The van der Waals surface area contributed by atoms with E-state index >= 15 is 0 Å². The Hall–Kier alpha value is -1.58. The zero-order valence-electron chi connectivity index (χ0n) is 11.4. The molecule has 21 heavy (non-hydrogen) atoms. The first-order valence-electron chi connectivity index (χ1n) is 6.80. The molecule has 0 saturated carbocycles. The average Bonchev–Trinajstić information content (AvgIpc) is 2.73. The molecule has 1 aliphatic heterocycles. The van der Waals surface area contributed by atoms with Crippen LogP contribution in [0.1, 0.15) is 12.0 Å². The highest BCUT2D eigenvalue weighted by molar-refractivity contribution is 6.33. The van der Waals surface area contributed by atoms with Crippen LogP contribution in [0.4, 0.5) is 5.69 Å². The van der Waals surface area contributed by atoms with Crippen molar-refractivity contribution in [1.29, 1.82) is 0 Å². The molecule has 3 nitrogen and oxygen atoms in total. The van der Waals surface area contributed by atoms with Crippen LogP contribution in [0.3, 0.4) is 0 Å². The van der Waals surface area contributed by atoms with Crippen LogP contribution in [0.15, 0.2) is 36.4 Å². The minimum absolute atomic E-state index is 0.596. The maximum Gasteiger partial charge on any atom is 0.163 e. The van der Waals surface area contributed by atoms with E-state index in [2.05, 4.69) is 5.32 Å². The number of halogens is 2. The molecule has 0 radical (unpaired) electrons. The summed E-state index contributed by atoms with van der Waals surface area (Å²) in [5.74, 6) is 1.56. The highest BCUT2D eigenvalue weighted by Crippen LogP contribution is 2.32. The largest absolute Gasteiger partial charge is 0.490 e. The summed E-state index contributed by atoms with van der Waals surface area (Å²) >= 11 is 12.1. The molecule has 0 saturated heterocycles. The van der Waals surface area contributed by atoms with Crippen LogP contribution in [-0.4, -0.2) is 13.2 Å². The van der Waals surface area contributed by atoms with Crippen LogP contribution < -0.4 is 14.8 Å². The van der Waals surface area contributed by atoms with Gasteiger partial charge in [0.2, 0.25) is 0 Å². The smallest absolute Gasteiger partial charge is 0.163 e. The minimum Gasteiger partial charge on any atom is -0.490 e. The zero-order valence-corrected chi connectivity index (χ0v) is 12.9. The van der Waals surface area contributed by atoms with Gasteiger partial charge in [0.15, 0.2) is 11.5 Å². The predicted octanol–water partition coefficient (Wildman–Crippen LogP) is 4.77. The molecule has 5 heteroatoms. The summed E-state index contributed by atoms with van der Waals surface area (Å²) in [6.07, 6.45) is 0.898. The third-order valence-electron chi connectivity index (χ3n) is 3.24. The fraction of sp³-hybridized carbons (Fsp3) is 0.250. The normalized spacial score (nSPS) is 13.6. The van der Waals surface area contributed by atoms with Crippen molar-refractivity contribution in [1.82, 2.24) is 0 Å². The number of benzene rings is 2. The summed E-state index contributed by atoms with van der Waals surface area (Å²) < 4.78 is 11.3. The molecule has 1 N–H and O–H groups in total. The van der Waals surface area contributed by atoms with E-state index in [1.807, 2.05) is 24.3 Å². The molecule has 2 aromatic carbocycles. The summed E-state index contributed by atoms with van der Waals surface area (Å²) in [5, 5.41) is 4.69. The average molecular weight is 324 g/mol. The van der Waals surface area contributed by atoms with Crippen molar-refractivity contribution in [3.63, 3.8) is 0 Å². The number of fused-ring (bicyclic) bond motifs is 1. The van der Waals surface area contributed by atoms with Gasteiger partial charge in [-0.25, -0.2) is 0 Å². The fourth-order valence-corrected chi connectivity index (χ4v) is 2.53. The van der Waals surface area contributed by atoms with Crippen LogP contribution in [0.5, 0.6) is 11.5 Å². The van der Waals surface area contributed by atoms with Crippen LogP contribution >= 0.6 is 23.2 Å². The predicted molar refractivity (Wildman–Crippen MR) is 85.8 cm³/mol. The van der Waals surface area contributed by atoms with Gasteiger partial charge in [-0.1, -0.05) is 23.2 Å². The van der Waals surface area contributed by atoms with Crippen LogP contribution in [0, 0.1) is 0 Å². The first-order chi connectivity index (χ1) is 10.2. The number of hydrogen-bond acceptors (Lipinski definition) is 3. The Kier molecular flexibility index (Phi) is 4.42. The van der Waals surface area contributed by atoms with Gasteiger partial charge in [-0.15, -0.1) is 0 Å². The fourth-order valence-electron chi connectivity index (χ4n) is 2.15. The van der Waals surface area contributed by atoms with Crippen molar-refractivity contribution in [3.05, 3.63) is 52.0 Å². The molecule has 2 aromatic rings. The van der Waals surface area contributed by atoms with Gasteiger partial charge in [0.05, 0.1) is 13.2 Å². The Morgan fingerprint density at radius 3 is 2.62 bits per heavy atom. The third kappa shape index (κ3) is 3.55. The molecule has 0 amide bonds. The standard InChI is InChI=1S/C16H15Cl2NO2/c17-12-2-4-14(18)11(8-12)10-19-13-3-5-15-16(9-13)21-7-1-6-20-15/h2-5,8-9,19H,1,6-7,10H2. The summed E-state index contributed by atoms with van der Waals surface area (Å²) in [4.78, 5) is 0. The molecule has 0 aliphatic carbocycles. The van der Waals surface area contributed by atoms with E-state index in [0.717, 1.165) is 29.2 Å². The van der Waals surface area contributed by atoms with E-state index in [0.29, 0.717) is 29.8 Å². The van der Waals surface area contributed by atoms with Gasteiger partial charge < -0.3 is 14.8 Å². The second-order valence-electron chi connectivity index (χ2n) is 4.80. The quantitative estimate of drug-likeness (QED) is 0.882. The molecule has 0 spiro atoms. The maximum atomic E-state index is 6.16. The molecule has 0 aromatic heterocycles. The molecule has 3 rings (SSSR count). The molecule has 0 atom stereocenters. The number of anilines is 1. The van der Waals surface area contributed by atoms with Gasteiger partial charge in [-0.2, -0.15) is 0 Å².